The van der Waals surface area contributed by atoms with E-state index in [-0.39, 0.29) is 22.6 Å². The van der Waals surface area contributed by atoms with Gasteiger partial charge in [0.1, 0.15) is 11.6 Å². The van der Waals surface area contributed by atoms with Crippen molar-refractivity contribution in [3.8, 4) is 0 Å². The number of halogens is 3. The molecule has 1 atom stereocenters. The number of nitrogens with two attached hydrogens (primary N) is 1. The Kier molecular flexibility index (Phi) is 4.37. The van der Waals surface area contributed by atoms with Crippen molar-refractivity contribution in [2.75, 3.05) is 0 Å². The summed E-state index contributed by atoms with van der Waals surface area (Å²) in [5.74, 6) is -1.09. The van der Waals surface area contributed by atoms with Gasteiger partial charge in [-0.2, -0.15) is 0 Å². The Labute approximate surface area is 119 Å². The summed E-state index contributed by atoms with van der Waals surface area (Å²) in [6.45, 7) is 2.08. The molecule has 19 heavy (non-hydrogen) atoms. The van der Waals surface area contributed by atoms with Gasteiger partial charge in [-0.15, -0.1) is 0 Å². The first-order valence-corrected chi connectivity index (χ1v) is 6.79. The van der Waals surface area contributed by atoms with E-state index in [0.717, 1.165) is 12.0 Å². The van der Waals surface area contributed by atoms with Crippen molar-refractivity contribution in [2.24, 2.45) is 5.73 Å². The van der Waals surface area contributed by atoms with E-state index >= 15 is 0 Å². The largest absolute Gasteiger partial charge is 0.349 e. The second-order valence-corrected chi connectivity index (χ2v) is 5.55. The Morgan fingerprint density at radius 2 is 2.05 bits per heavy atom. The van der Waals surface area contributed by atoms with Crippen molar-refractivity contribution in [2.45, 2.75) is 25.9 Å². The van der Waals surface area contributed by atoms with E-state index in [1.807, 2.05) is 19.2 Å². The maximum atomic E-state index is 13.8. The molecule has 0 amide bonds. The third-order valence-electron chi connectivity index (χ3n) is 2.85. The second-order valence-electron chi connectivity index (χ2n) is 4.70. The Hall–Kier alpha value is -1.20. The molecule has 0 aliphatic carbocycles. The Bertz CT molecular complexity index is 579. The van der Waals surface area contributed by atoms with Crippen LogP contribution in [0.4, 0.5) is 8.78 Å². The van der Waals surface area contributed by atoms with E-state index in [0.29, 0.717) is 0 Å². The minimum atomic E-state index is -0.553. The van der Waals surface area contributed by atoms with Gasteiger partial charge in [0, 0.05) is 24.0 Å². The highest BCUT2D eigenvalue weighted by molar-refractivity contribution is 9.10. The van der Waals surface area contributed by atoms with Crippen LogP contribution in [0.15, 0.2) is 35.1 Å². The summed E-state index contributed by atoms with van der Waals surface area (Å²) < 4.78 is 29.5. The zero-order valence-corrected chi connectivity index (χ0v) is 12.1. The van der Waals surface area contributed by atoms with Crippen LogP contribution in [0.25, 0.3) is 0 Å². The van der Waals surface area contributed by atoms with Crippen LogP contribution < -0.4 is 5.73 Å². The molecule has 0 fully saturated rings. The highest BCUT2D eigenvalue weighted by atomic mass is 79.9. The maximum Gasteiger partial charge on any atom is 0.145 e. The number of nitrogens with zero attached hydrogens (tertiary/aromatic N) is 1. The van der Waals surface area contributed by atoms with Gasteiger partial charge < -0.3 is 10.3 Å². The minimum Gasteiger partial charge on any atom is -0.349 e. The van der Waals surface area contributed by atoms with Gasteiger partial charge in [-0.25, -0.2) is 8.78 Å². The Morgan fingerprint density at radius 3 is 2.74 bits per heavy atom. The minimum absolute atomic E-state index is 0.0531. The monoisotopic (exact) mass is 328 g/mol. The molecular weight excluding hydrogens is 314 g/mol. The van der Waals surface area contributed by atoms with E-state index in [1.54, 1.807) is 10.8 Å². The fourth-order valence-corrected chi connectivity index (χ4v) is 2.35. The van der Waals surface area contributed by atoms with E-state index in [4.69, 9.17) is 5.73 Å². The van der Waals surface area contributed by atoms with Gasteiger partial charge in [0.05, 0.1) is 11.0 Å². The van der Waals surface area contributed by atoms with Crippen molar-refractivity contribution in [3.05, 3.63) is 57.8 Å². The molecule has 102 valence electrons. The molecule has 0 spiro atoms. The zero-order chi connectivity index (χ0) is 14.0. The topological polar surface area (TPSA) is 30.9 Å². The van der Waals surface area contributed by atoms with Crippen molar-refractivity contribution in [1.29, 1.82) is 0 Å². The number of hydrogen-bond donors (Lipinski definition) is 1. The molecule has 0 saturated carbocycles. The zero-order valence-electron chi connectivity index (χ0n) is 10.5. The molecule has 0 aliphatic heterocycles. The molecule has 0 radical (unpaired) electrons. The fourth-order valence-electron chi connectivity index (χ4n) is 1.98. The molecule has 5 heteroatoms. The summed E-state index contributed by atoms with van der Waals surface area (Å²) in [5, 5.41) is 0. The lowest BCUT2D eigenvalue weighted by Crippen LogP contribution is -2.17. The van der Waals surface area contributed by atoms with Crippen molar-refractivity contribution in [1.82, 2.24) is 4.57 Å². The molecule has 2 nitrogen and oxygen atoms in total. The van der Waals surface area contributed by atoms with Gasteiger partial charge in [-0.1, -0.05) is 0 Å². The molecule has 1 aromatic carbocycles. The molecule has 0 saturated heterocycles. The molecule has 2 N–H and O–H groups in total. The van der Waals surface area contributed by atoms with E-state index in [9.17, 15) is 8.78 Å². The summed E-state index contributed by atoms with van der Waals surface area (Å²) in [7, 11) is 0. The van der Waals surface area contributed by atoms with Gasteiger partial charge in [-0.3, -0.25) is 0 Å². The van der Waals surface area contributed by atoms with Gasteiger partial charge in [-0.05, 0) is 53.0 Å². The normalized spacial score (nSPS) is 12.7. The summed E-state index contributed by atoms with van der Waals surface area (Å²) in [6, 6.07) is 4.60. The molecule has 0 aliphatic rings. The summed E-state index contributed by atoms with van der Waals surface area (Å²) in [4.78, 5) is 0. The quantitative estimate of drug-likeness (QED) is 0.856. The second kappa shape index (κ2) is 5.84. The Balaban J connectivity index is 2.22. The Morgan fingerprint density at radius 1 is 1.32 bits per heavy atom. The lowest BCUT2D eigenvalue weighted by atomic mass is 10.1. The first kappa shape index (κ1) is 14.2. The molecule has 1 aromatic heterocycles. The average molecular weight is 329 g/mol. The van der Waals surface area contributed by atoms with E-state index in [1.165, 1.54) is 12.1 Å². The summed E-state index contributed by atoms with van der Waals surface area (Å²) in [6.07, 6.45) is 4.41. The highest BCUT2D eigenvalue weighted by Gasteiger charge is 2.13. The molecule has 0 bridgehead atoms. The van der Waals surface area contributed by atoms with Crippen LogP contribution in [0.2, 0.25) is 0 Å². The SMILES string of the molecule is CC(N)Cc1ccn(Cc2c(F)ccc(Br)c2F)c1. The van der Waals surface area contributed by atoms with Crippen LogP contribution in [-0.4, -0.2) is 10.6 Å². The fraction of sp³-hybridized carbons (Fsp3) is 0.286. The van der Waals surface area contributed by atoms with Crippen LogP contribution in [0.1, 0.15) is 18.1 Å². The molecule has 1 heterocycles. The smallest absolute Gasteiger partial charge is 0.145 e. The molecule has 2 rings (SSSR count). The third-order valence-corrected chi connectivity index (χ3v) is 3.46. The molecule has 2 aromatic rings. The van der Waals surface area contributed by atoms with Crippen LogP contribution in [0.3, 0.4) is 0 Å². The first-order valence-electron chi connectivity index (χ1n) is 6.00. The van der Waals surface area contributed by atoms with Gasteiger partial charge in [0.25, 0.3) is 0 Å². The lowest BCUT2D eigenvalue weighted by Gasteiger charge is -2.08. The van der Waals surface area contributed by atoms with Crippen LogP contribution in [0.5, 0.6) is 0 Å². The van der Waals surface area contributed by atoms with Crippen molar-refractivity contribution in [3.63, 3.8) is 0 Å². The summed E-state index contributed by atoms with van der Waals surface area (Å²) in [5.41, 5.74) is 6.83. The van der Waals surface area contributed by atoms with E-state index in [2.05, 4.69) is 15.9 Å². The first-order chi connectivity index (χ1) is 8.97. The lowest BCUT2D eigenvalue weighted by molar-refractivity contribution is 0.540. The van der Waals surface area contributed by atoms with Crippen molar-refractivity contribution >= 4 is 15.9 Å². The maximum absolute atomic E-state index is 13.8. The van der Waals surface area contributed by atoms with Gasteiger partial charge in [0.2, 0.25) is 0 Å². The third kappa shape index (κ3) is 3.42. The van der Waals surface area contributed by atoms with Gasteiger partial charge >= 0.3 is 0 Å². The number of aromatic nitrogens is 1. The predicted octanol–water partition coefficient (Wildman–Crippen LogP) is 3.47. The predicted molar refractivity (Wildman–Crippen MR) is 74.9 cm³/mol. The number of rotatable bonds is 4. The van der Waals surface area contributed by atoms with E-state index < -0.39 is 11.6 Å². The number of hydrogen-bond acceptors (Lipinski definition) is 1. The molecule has 1 unspecified atom stereocenters. The van der Waals surface area contributed by atoms with Crippen molar-refractivity contribution < 1.29 is 8.78 Å². The average Bonchev–Trinajstić information content (AvgIpc) is 2.76. The van der Waals surface area contributed by atoms with Crippen LogP contribution in [-0.2, 0) is 13.0 Å². The highest BCUT2D eigenvalue weighted by Crippen LogP contribution is 2.22. The van der Waals surface area contributed by atoms with Crippen LogP contribution in [0, 0.1) is 11.6 Å². The summed E-state index contributed by atoms with van der Waals surface area (Å²) >= 11 is 3.06. The van der Waals surface area contributed by atoms with Crippen LogP contribution >= 0.6 is 15.9 Å². The van der Waals surface area contributed by atoms with Gasteiger partial charge in [0.15, 0.2) is 0 Å². The molecular formula is C14H15BrF2N2. The standard InChI is InChI=1S/C14H15BrF2N2/c1-9(18)6-10-4-5-19(7-10)8-11-13(16)3-2-12(15)14(11)17/h2-5,7,9H,6,8,18H2,1H3. The number of benzene rings is 1.